The maximum atomic E-state index is 13.0. The maximum Gasteiger partial charge on any atom is 0.240 e. The third-order valence-corrected chi connectivity index (χ3v) is 7.66. The first kappa shape index (κ1) is 15.1. The number of carbonyl (C=O) groups is 1. The molecular formula is C16H21NO2S2. The summed E-state index contributed by atoms with van der Waals surface area (Å²) < 4.78 is 11.9. The van der Waals surface area contributed by atoms with Gasteiger partial charge in [0, 0.05) is 29.1 Å². The molecule has 0 bridgehead atoms. The molecule has 0 radical (unpaired) electrons. The standard InChI is InChI=1S/C16H21NO2S2/c1-11-12(2)21(19)10-8-17(11)16(18)15-14-6-4-3-5-13(14)7-9-20-15/h3-6,11-12,15H,7-10H2,1-2H3/t11-,12+,15-,21+/m1/s1. The van der Waals surface area contributed by atoms with E-state index in [1.807, 2.05) is 30.9 Å². The van der Waals surface area contributed by atoms with Crippen LogP contribution in [0.2, 0.25) is 0 Å². The average Bonchev–Trinajstić information content (AvgIpc) is 2.51. The lowest BCUT2D eigenvalue weighted by Gasteiger charge is -2.40. The summed E-state index contributed by atoms with van der Waals surface area (Å²) in [6, 6.07) is 8.34. The maximum absolute atomic E-state index is 13.0. The summed E-state index contributed by atoms with van der Waals surface area (Å²) >= 11 is 1.74. The van der Waals surface area contributed by atoms with Crippen molar-refractivity contribution < 1.29 is 9.00 Å². The van der Waals surface area contributed by atoms with Crippen LogP contribution >= 0.6 is 11.8 Å². The van der Waals surface area contributed by atoms with E-state index in [1.165, 1.54) is 11.1 Å². The Balaban J connectivity index is 1.85. The summed E-state index contributed by atoms with van der Waals surface area (Å²) in [7, 11) is -0.803. The van der Waals surface area contributed by atoms with Crippen molar-refractivity contribution in [2.75, 3.05) is 18.1 Å². The fraction of sp³-hybridized carbons (Fsp3) is 0.562. The molecule has 0 spiro atoms. The minimum atomic E-state index is -0.803. The van der Waals surface area contributed by atoms with E-state index in [-0.39, 0.29) is 22.4 Å². The lowest BCUT2D eigenvalue weighted by atomic mass is 10.0. The Hall–Kier alpha value is -0.810. The molecule has 0 saturated carbocycles. The highest BCUT2D eigenvalue weighted by molar-refractivity contribution is 8.00. The minimum absolute atomic E-state index is 0.0572. The predicted molar refractivity (Wildman–Crippen MR) is 89.0 cm³/mol. The molecule has 0 unspecified atom stereocenters. The number of nitrogens with zero attached hydrogens (tertiary/aromatic N) is 1. The number of hydrogen-bond acceptors (Lipinski definition) is 3. The van der Waals surface area contributed by atoms with Crippen molar-refractivity contribution >= 4 is 28.5 Å². The summed E-state index contributed by atoms with van der Waals surface area (Å²) in [4.78, 5) is 14.9. The number of hydrogen-bond donors (Lipinski definition) is 0. The van der Waals surface area contributed by atoms with E-state index in [4.69, 9.17) is 0 Å². The van der Waals surface area contributed by atoms with E-state index < -0.39 is 10.8 Å². The molecule has 1 amide bonds. The van der Waals surface area contributed by atoms with E-state index in [1.54, 1.807) is 11.8 Å². The SMILES string of the molecule is C[C@@H]1[C@H](C)[S@@](=O)CCN1C(=O)[C@@H]1SCCc2ccccc21. The van der Waals surface area contributed by atoms with Crippen molar-refractivity contribution in [1.82, 2.24) is 4.90 Å². The quantitative estimate of drug-likeness (QED) is 0.796. The average molecular weight is 323 g/mol. The first-order valence-electron chi connectivity index (χ1n) is 7.46. The number of rotatable bonds is 1. The number of aryl methyl sites for hydroxylation is 1. The number of thioether (sulfide) groups is 1. The van der Waals surface area contributed by atoms with Gasteiger partial charge in [0.15, 0.2) is 0 Å². The molecule has 2 aliphatic heterocycles. The molecule has 114 valence electrons. The second-order valence-corrected chi connectivity index (χ2v) is 8.89. The van der Waals surface area contributed by atoms with Crippen LogP contribution in [-0.2, 0) is 22.0 Å². The van der Waals surface area contributed by atoms with Crippen LogP contribution in [0.3, 0.4) is 0 Å². The van der Waals surface area contributed by atoms with Crippen molar-refractivity contribution in [1.29, 1.82) is 0 Å². The summed E-state index contributed by atoms with van der Waals surface area (Å²) in [5, 5.41) is -0.0253. The van der Waals surface area contributed by atoms with E-state index in [9.17, 15) is 9.00 Å². The summed E-state index contributed by atoms with van der Waals surface area (Å²) in [5.74, 6) is 1.80. The topological polar surface area (TPSA) is 37.4 Å². The van der Waals surface area contributed by atoms with Crippen LogP contribution in [0.4, 0.5) is 0 Å². The molecule has 1 aromatic rings. The second-order valence-electron chi connectivity index (χ2n) is 5.76. The van der Waals surface area contributed by atoms with Gasteiger partial charge in [0.05, 0.1) is 5.25 Å². The normalized spacial score (nSPS) is 32.6. The van der Waals surface area contributed by atoms with Crippen molar-refractivity contribution in [2.45, 2.75) is 36.8 Å². The summed E-state index contributed by atoms with van der Waals surface area (Å²) in [5.41, 5.74) is 2.47. The van der Waals surface area contributed by atoms with E-state index in [0.717, 1.165) is 12.2 Å². The van der Waals surface area contributed by atoms with Gasteiger partial charge in [-0.1, -0.05) is 24.3 Å². The third kappa shape index (κ3) is 2.78. The van der Waals surface area contributed by atoms with Crippen molar-refractivity contribution in [3.8, 4) is 0 Å². The largest absolute Gasteiger partial charge is 0.337 e. The van der Waals surface area contributed by atoms with Crippen LogP contribution in [0.25, 0.3) is 0 Å². The first-order valence-corrected chi connectivity index (χ1v) is 9.89. The lowest BCUT2D eigenvalue weighted by Crippen LogP contribution is -2.53. The molecule has 3 rings (SSSR count). The number of fused-ring (bicyclic) bond motifs is 1. The van der Waals surface area contributed by atoms with Gasteiger partial charge in [-0.3, -0.25) is 9.00 Å². The summed E-state index contributed by atoms with van der Waals surface area (Å²) in [6.07, 6.45) is 1.04. The molecule has 0 aliphatic carbocycles. The zero-order chi connectivity index (χ0) is 15.0. The Labute approximate surface area is 132 Å². The molecule has 0 aromatic heterocycles. The van der Waals surface area contributed by atoms with Gasteiger partial charge in [-0.25, -0.2) is 0 Å². The van der Waals surface area contributed by atoms with Gasteiger partial charge in [-0.2, -0.15) is 0 Å². The van der Waals surface area contributed by atoms with Gasteiger partial charge in [-0.15, -0.1) is 11.8 Å². The highest BCUT2D eigenvalue weighted by Gasteiger charge is 2.37. The number of benzene rings is 1. The molecule has 0 N–H and O–H groups in total. The van der Waals surface area contributed by atoms with Crippen LogP contribution in [0.5, 0.6) is 0 Å². The molecule has 4 atom stereocenters. The highest BCUT2D eigenvalue weighted by atomic mass is 32.2. The third-order valence-electron chi connectivity index (χ3n) is 4.62. The van der Waals surface area contributed by atoms with Crippen LogP contribution in [0, 0.1) is 0 Å². The molecule has 5 heteroatoms. The molecule has 1 fully saturated rings. The van der Waals surface area contributed by atoms with Crippen LogP contribution in [0.1, 0.15) is 30.2 Å². The van der Waals surface area contributed by atoms with Gasteiger partial charge in [0.2, 0.25) is 5.91 Å². The Kier molecular flexibility index (Phi) is 4.41. The second kappa shape index (κ2) is 6.13. The molecule has 2 heterocycles. The zero-order valence-corrected chi connectivity index (χ0v) is 14.1. The van der Waals surface area contributed by atoms with E-state index in [0.29, 0.717) is 12.3 Å². The molecule has 21 heavy (non-hydrogen) atoms. The number of amides is 1. The van der Waals surface area contributed by atoms with Crippen LogP contribution in [0.15, 0.2) is 24.3 Å². The molecule has 2 aliphatic rings. The number of carbonyl (C=O) groups excluding carboxylic acids is 1. The van der Waals surface area contributed by atoms with Crippen molar-refractivity contribution in [3.05, 3.63) is 35.4 Å². The Morgan fingerprint density at radius 3 is 2.90 bits per heavy atom. The van der Waals surface area contributed by atoms with Crippen molar-refractivity contribution in [2.24, 2.45) is 0 Å². The van der Waals surface area contributed by atoms with Gasteiger partial charge >= 0.3 is 0 Å². The van der Waals surface area contributed by atoms with Crippen molar-refractivity contribution in [3.63, 3.8) is 0 Å². The smallest absolute Gasteiger partial charge is 0.240 e. The van der Waals surface area contributed by atoms with Crippen LogP contribution < -0.4 is 0 Å². The zero-order valence-electron chi connectivity index (χ0n) is 12.5. The lowest BCUT2D eigenvalue weighted by molar-refractivity contribution is -0.132. The summed E-state index contributed by atoms with van der Waals surface area (Å²) in [6.45, 7) is 4.64. The van der Waals surface area contributed by atoms with Crippen LogP contribution in [-0.4, -0.2) is 44.4 Å². The molecular weight excluding hydrogens is 302 g/mol. The fourth-order valence-electron chi connectivity index (χ4n) is 3.11. The molecule has 1 saturated heterocycles. The van der Waals surface area contributed by atoms with Gasteiger partial charge in [-0.05, 0) is 37.1 Å². The minimum Gasteiger partial charge on any atom is -0.337 e. The first-order chi connectivity index (χ1) is 10.1. The van der Waals surface area contributed by atoms with Gasteiger partial charge in [0.25, 0.3) is 0 Å². The Morgan fingerprint density at radius 2 is 2.10 bits per heavy atom. The van der Waals surface area contributed by atoms with E-state index >= 15 is 0 Å². The Morgan fingerprint density at radius 1 is 1.33 bits per heavy atom. The van der Waals surface area contributed by atoms with Gasteiger partial charge in [0.1, 0.15) is 5.25 Å². The van der Waals surface area contributed by atoms with Gasteiger partial charge < -0.3 is 4.90 Å². The molecule has 3 nitrogen and oxygen atoms in total. The predicted octanol–water partition coefficient (Wildman–Crippen LogP) is 2.38. The fourth-order valence-corrected chi connectivity index (χ4v) is 5.71. The Bertz CT molecular complexity index is 575. The van der Waals surface area contributed by atoms with E-state index in [2.05, 4.69) is 12.1 Å². The monoisotopic (exact) mass is 323 g/mol. The molecule has 1 aromatic carbocycles. The highest BCUT2D eigenvalue weighted by Crippen LogP contribution is 2.38.